The summed E-state index contributed by atoms with van der Waals surface area (Å²) in [5.74, 6) is 1.43. The minimum atomic E-state index is -0.478. The predicted molar refractivity (Wildman–Crippen MR) is 110 cm³/mol. The molecule has 2 heterocycles. The smallest absolute Gasteiger partial charge is 0.274 e. The molecule has 0 aromatic carbocycles. The normalized spacial score (nSPS) is 15.1. The molecule has 1 aromatic rings. The van der Waals surface area contributed by atoms with E-state index in [2.05, 4.69) is 15.6 Å². The number of hydrogen-bond donors (Lipinski definition) is 2. The largest absolute Gasteiger partial charge is 0.375 e. The van der Waals surface area contributed by atoms with Crippen molar-refractivity contribution < 1.29 is 9.85 Å². The number of nitrogens with zero attached hydrogens (tertiary/aromatic N) is 4. The quantitative estimate of drug-likeness (QED) is 0.381. The molecule has 10 nitrogen and oxygen atoms in total. The number of nitro groups is 2. The van der Waals surface area contributed by atoms with Gasteiger partial charge >= 0.3 is 0 Å². The maximum absolute atomic E-state index is 10.5. The van der Waals surface area contributed by atoms with Gasteiger partial charge in [-0.25, -0.2) is 4.98 Å². The van der Waals surface area contributed by atoms with Crippen molar-refractivity contribution in [2.75, 3.05) is 25.9 Å². The van der Waals surface area contributed by atoms with Crippen LogP contribution in [0.3, 0.4) is 0 Å². The topological polar surface area (TPSA) is 126 Å². The Morgan fingerprint density at radius 2 is 2.18 bits per heavy atom. The van der Waals surface area contributed by atoms with E-state index in [1.165, 1.54) is 11.8 Å². The molecular formula is C16H23ClN6O4S. The van der Waals surface area contributed by atoms with E-state index in [1.54, 1.807) is 19.3 Å². The molecule has 28 heavy (non-hydrogen) atoms. The number of nitrogens with one attached hydrogen (secondary N) is 2. The van der Waals surface area contributed by atoms with Crippen LogP contribution in [0.15, 0.2) is 41.6 Å². The summed E-state index contributed by atoms with van der Waals surface area (Å²) >= 11 is 7.20. The molecular weight excluding hydrogens is 408 g/mol. The summed E-state index contributed by atoms with van der Waals surface area (Å²) in [7, 11) is 1.65. The second-order valence-electron chi connectivity index (χ2n) is 5.46. The van der Waals surface area contributed by atoms with Gasteiger partial charge in [-0.2, -0.15) is 0 Å². The summed E-state index contributed by atoms with van der Waals surface area (Å²) in [6.45, 7) is 3.95. The van der Waals surface area contributed by atoms with Gasteiger partial charge in [0.1, 0.15) is 10.2 Å². The zero-order chi connectivity index (χ0) is 20.9. The number of rotatable bonds is 7. The molecule has 2 rings (SSSR count). The molecule has 1 aromatic heterocycles. The highest BCUT2D eigenvalue weighted by Crippen LogP contribution is 2.17. The van der Waals surface area contributed by atoms with E-state index in [4.69, 9.17) is 11.6 Å². The molecule has 12 heteroatoms. The van der Waals surface area contributed by atoms with E-state index < -0.39 is 9.85 Å². The second kappa shape index (κ2) is 12.8. The van der Waals surface area contributed by atoms with Crippen molar-refractivity contribution in [2.45, 2.75) is 19.9 Å². The van der Waals surface area contributed by atoms with Gasteiger partial charge in [0.15, 0.2) is 5.82 Å². The van der Waals surface area contributed by atoms with E-state index >= 15 is 0 Å². The summed E-state index contributed by atoms with van der Waals surface area (Å²) in [5, 5.41) is 27.3. The Morgan fingerprint density at radius 1 is 1.43 bits per heavy atom. The standard InChI is InChI=1S/C11H15ClN4O2.C5H8N2O2S/c1-3-15(11(13-2)8-16(17)18)7-9-4-5-10(12)14-6-9;8-7(9)4-5-6-2-1-3-10-5/h4-6,8,13H,3,7H2,1-2H3;4,6H,1-3H2/b11-8+;5-4-. The van der Waals surface area contributed by atoms with Crippen LogP contribution in [-0.2, 0) is 6.54 Å². The van der Waals surface area contributed by atoms with Gasteiger partial charge in [-0.15, -0.1) is 11.8 Å². The molecule has 0 bridgehead atoms. The highest BCUT2D eigenvalue weighted by molar-refractivity contribution is 8.03. The third kappa shape index (κ3) is 9.42. The first kappa shape index (κ1) is 23.5. The van der Waals surface area contributed by atoms with Crippen molar-refractivity contribution >= 4 is 23.4 Å². The fourth-order valence-corrected chi connectivity index (χ4v) is 3.17. The van der Waals surface area contributed by atoms with Gasteiger partial charge in [0.25, 0.3) is 12.4 Å². The van der Waals surface area contributed by atoms with Gasteiger partial charge in [0.05, 0.1) is 9.85 Å². The SMILES string of the molecule is CCN(Cc1ccc(Cl)nc1)/C(=C/[N+](=O)[O-])NC.O=[N+]([O-])/C=C1/NCCCS1. The summed E-state index contributed by atoms with van der Waals surface area (Å²) < 4.78 is 0. The summed E-state index contributed by atoms with van der Waals surface area (Å²) in [5.41, 5.74) is 0.936. The number of hydrogen-bond acceptors (Lipinski definition) is 9. The number of thioether (sulfide) groups is 1. The van der Waals surface area contributed by atoms with Crippen LogP contribution in [0.25, 0.3) is 0 Å². The van der Waals surface area contributed by atoms with Crippen LogP contribution in [0, 0.1) is 20.2 Å². The van der Waals surface area contributed by atoms with Crippen molar-refractivity contribution in [1.29, 1.82) is 0 Å². The van der Waals surface area contributed by atoms with Gasteiger partial charge in [-0.1, -0.05) is 17.7 Å². The second-order valence-corrected chi connectivity index (χ2v) is 6.98. The lowest BCUT2D eigenvalue weighted by Crippen LogP contribution is -2.30. The van der Waals surface area contributed by atoms with E-state index in [9.17, 15) is 20.2 Å². The number of halogens is 1. The molecule has 2 N–H and O–H groups in total. The Kier molecular flexibility index (Phi) is 10.7. The minimum absolute atomic E-state index is 0.427. The van der Waals surface area contributed by atoms with Crippen molar-refractivity contribution in [3.8, 4) is 0 Å². The molecule has 0 amide bonds. The Balaban J connectivity index is 0.000000330. The highest BCUT2D eigenvalue weighted by Gasteiger charge is 2.11. The van der Waals surface area contributed by atoms with Crippen LogP contribution in [0.5, 0.6) is 0 Å². The third-order valence-corrected chi connectivity index (χ3v) is 4.75. The van der Waals surface area contributed by atoms with Crippen LogP contribution in [0.2, 0.25) is 5.15 Å². The molecule has 1 aliphatic heterocycles. The number of pyridine rings is 1. The Labute approximate surface area is 172 Å². The average Bonchev–Trinajstić information content (AvgIpc) is 2.66. The van der Waals surface area contributed by atoms with Gasteiger partial charge in [0.2, 0.25) is 0 Å². The highest BCUT2D eigenvalue weighted by atomic mass is 35.5. The van der Waals surface area contributed by atoms with Crippen molar-refractivity contribution in [3.05, 3.63) is 72.5 Å². The van der Waals surface area contributed by atoms with Gasteiger partial charge in [0, 0.05) is 38.6 Å². The lowest BCUT2D eigenvalue weighted by molar-refractivity contribution is -0.404. The summed E-state index contributed by atoms with van der Waals surface area (Å²) in [6, 6.07) is 3.54. The zero-order valence-corrected chi connectivity index (χ0v) is 17.2. The predicted octanol–water partition coefficient (Wildman–Crippen LogP) is 2.64. The van der Waals surface area contributed by atoms with Gasteiger partial charge in [-0.05, 0) is 25.0 Å². The molecule has 1 saturated heterocycles. The monoisotopic (exact) mass is 430 g/mol. The lowest BCUT2D eigenvalue weighted by Gasteiger charge is -2.23. The van der Waals surface area contributed by atoms with Crippen molar-refractivity contribution in [2.24, 2.45) is 0 Å². The van der Waals surface area contributed by atoms with Crippen LogP contribution in [0.1, 0.15) is 18.9 Å². The Hall–Kier alpha value is -2.53. The molecule has 1 aliphatic rings. The molecule has 154 valence electrons. The fraction of sp³-hybridized carbons (Fsp3) is 0.438. The zero-order valence-electron chi connectivity index (χ0n) is 15.6. The molecule has 0 unspecified atom stereocenters. The van der Waals surface area contributed by atoms with E-state index in [0.29, 0.717) is 29.1 Å². The Morgan fingerprint density at radius 3 is 2.64 bits per heavy atom. The average molecular weight is 431 g/mol. The van der Waals surface area contributed by atoms with E-state index in [-0.39, 0.29) is 0 Å². The first-order chi connectivity index (χ1) is 13.3. The molecule has 1 fully saturated rings. The van der Waals surface area contributed by atoms with E-state index in [1.807, 2.05) is 17.9 Å². The molecule has 0 saturated carbocycles. The lowest BCUT2D eigenvalue weighted by atomic mass is 10.2. The first-order valence-electron chi connectivity index (χ1n) is 8.46. The van der Waals surface area contributed by atoms with Gasteiger partial charge < -0.3 is 15.5 Å². The summed E-state index contributed by atoms with van der Waals surface area (Å²) in [4.78, 5) is 25.4. The van der Waals surface area contributed by atoms with Crippen LogP contribution >= 0.6 is 23.4 Å². The van der Waals surface area contributed by atoms with Crippen molar-refractivity contribution in [1.82, 2.24) is 20.5 Å². The first-order valence-corrected chi connectivity index (χ1v) is 9.82. The molecule has 0 spiro atoms. The number of aromatic nitrogens is 1. The fourth-order valence-electron chi connectivity index (χ4n) is 2.19. The maximum Gasteiger partial charge on any atom is 0.274 e. The Bertz CT molecular complexity index is 706. The molecule has 0 aliphatic carbocycles. The minimum Gasteiger partial charge on any atom is -0.375 e. The van der Waals surface area contributed by atoms with Gasteiger partial charge in [-0.3, -0.25) is 20.2 Å². The third-order valence-electron chi connectivity index (χ3n) is 3.47. The summed E-state index contributed by atoms with van der Waals surface area (Å²) in [6.07, 6.45) is 4.71. The maximum atomic E-state index is 10.5. The van der Waals surface area contributed by atoms with Crippen LogP contribution < -0.4 is 10.6 Å². The van der Waals surface area contributed by atoms with E-state index in [0.717, 1.165) is 36.7 Å². The molecule has 0 radical (unpaired) electrons. The molecule has 0 atom stereocenters. The van der Waals surface area contributed by atoms with Crippen molar-refractivity contribution in [3.63, 3.8) is 0 Å². The van der Waals surface area contributed by atoms with Crippen LogP contribution in [0.4, 0.5) is 0 Å². The van der Waals surface area contributed by atoms with Crippen LogP contribution in [-0.4, -0.2) is 45.6 Å².